The van der Waals surface area contributed by atoms with Gasteiger partial charge in [0.2, 0.25) is 5.91 Å². The number of amides is 1. The molecule has 19 heavy (non-hydrogen) atoms. The van der Waals surface area contributed by atoms with Crippen LogP contribution in [-0.2, 0) is 4.79 Å². The maximum atomic E-state index is 12.4. The molecular formula is C14H18ClN3O. The minimum Gasteiger partial charge on any atom is -0.354 e. The largest absolute Gasteiger partial charge is 0.354 e. The fraction of sp³-hybridized carbons (Fsp3) is 0.571. The van der Waals surface area contributed by atoms with Crippen molar-refractivity contribution in [1.29, 1.82) is 0 Å². The summed E-state index contributed by atoms with van der Waals surface area (Å²) in [7, 11) is 0. The Kier molecular flexibility index (Phi) is 3.13. The zero-order chi connectivity index (χ0) is 13.5. The Bertz CT molecular complexity index is 509. The number of hydrogen-bond acceptors (Lipinski definition) is 3. The van der Waals surface area contributed by atoms with E-state index in [1.54, 1.807) is 12.1 Å². The van der Waals surface area contributed by atoms with E-state index in [9.17, 15) is 4.79 Å². The van der Waals surface area contributed by atoms with Crippen molar-refractivity contribution in [2.24, 2.45) is 5.92 Å². The standard InChI is InChI=1S/C14H18ClN3O/c1-2-9-5-7-14(8-6-9)13(19)16-10-3-4-11(15)17-12(10)18-14/h3-4,9H,2,5-8H2,1H3,(H,16,19)(H,17,18). The average Bonchev–Trinajstić information content (AvgIpc) is 2.41. The third-order valence-electron chi connectivity index (χ3n) is 4.44. The lowest BCUT2D eigenvalue weighted by atomic mass is 9.74. The van der Waals surface area contributed by atoms with Crippen molar-refractivity contribution in [3.05, 3.63) is 17.3 Å². The van der Waals surface area contributed by atoms with Gasteiger partial charge in [0.05, 0.1) is 5.69 Å². The summed E-state index contributed by atoms with van der Waals surface area (Å²) in [6, 6.07) is 3.48. The highest BCUT2D eigenvalue weighted by Crippen LogP contribution is 2.40. The van der Waals surface area contributed by atoms with E-state index in [2.05, 4.69) is 22.5 Å². The summed E-state index contributed by atoms with van der Waals surface area (Å²) in [5, 5.41) is 6.74. The monoisotopic (exact) mass is 279 g/mol. The van der Waals surface area contributed by atoms with Crippen LogP contribution in [-0.4, -0.2) is 16.4 Å². The Labute approximate surface area is 117 Å². The quantitative estimate of drug-likeness (QED) is 0.774. The second kappa shape index (κ2) is 4.67. The predicted molar refractivity (Wildman–Crippen MR) is 76.5 cm³/mol. The van der Waals surface area contributed by atoms with Gasteiger partial charge in [0.1, 0.15) is 10.7 Å². The molecule has 1 saturated carbocycles. The van der Waals surface area contributed by atoms with E-state index in [-0.39, 0.29) is 5.91 Å². The molecule has 4 nitrogen and oxygen atoms in total. The summed E-state index contributed by atoms with van der Waals surface area (Å²) < 4.78 is 0. The highest BCUT2D eigenvalue weighted by atomic mass is 35.5. The minimum absolute atomic E-state index is 0.0682. The van der Waals surface area contributed by atoms with Gasteiger partial charge in [-0.25, -0.2) is 4.98 Å². The summed E-state index contributed by atoms with van der Waals surface area (Å²) in [5.74, 6) is 1.51. The van der Waals surface area contributed by atoms with E-state index in [0.29, 0.717) is 11.0 Å². The SMILES string of the molecule is CCC1CCC2(CC1)Nc1nc(Cl)ccc1NC2=O. The molecule has 0 atom stereocenters. The predicted octanol–water partition coefficient (Wildman–Crippen LogP) is 3.44. The van der Waals surface area contributed by atoms with Crippen LogP contribution in [0.15, 0.2) is 12.1 Å². The molecule has 1 aromatic heterocycles. The van der Waals surface area contributed by atoms with Crippen LogP contribution in [0.1, 0.15) is 39.0 Å². The Morgan fingerprint density at radius 1 is 1.42 bits per heavy atom. The molecule has 102 valence electrons. The number of halogens is 1. The van der Waals surface area contributed by atoms with Crippen LogP contribution in [0.3, 0.4) is 0 Å². The fourth-order valence-electron chi connectivity index (χ4n) is 3.09. The first-order chi connectivity index (χ1) is 9.13. The summed E-state index contributed by atoms with van der Waals surface area (Å²) in [5.41, 5.74) is 0.230. The first kappa shape index (κ1) is 12.7. The van der Waals surface area contributed by atoms with E-state index >= 15 is 0 Å². The van der Waals surface area contributed by atoms with Gasteiger partial charge in [-0.3, -0.25) is 4.79 Å². The first-order valence-corrected chi connectivity index (χ1v) is 7.27. The van der Waals surface area contributed by atoms with Gasteiger partial charge >= 0.3 is 0 Å². The number of aromatic nitrogens is 1. The van der Waals surface area contributed by atoms with Crippen molar-refractivity contribution in [3.8, 4) is 0 Å². The van der Waals surface area contributed by atoms with Crippen molar-refractivity contribution in [2.75, 3.05) is 10.6 Å². The molecule has 0 bridgehead atoms. The van der Waals surface area contributed by atoms with Gasteiger partial charge in [-0.2, -0.15) is 0 Å². The summed E-state index contributed by atoms with van der Waals surface area (Å²) in [6.45, 7) is 2.22. The number of nitrogens with zero attached hydrogens (tertiary/aromatic N) is 1. The van der Waals surface area contributed by atoms with Crippen LogP contribution in [0.5, 0.6) is 0 Å². The normalized spacial score (nSPS) is 29.6. The molecule has 2 aliphatic rings. The van der Waals surface area contributed by atoms with Crippen LogP contribution in [0, 0.1) is 5.92 Å². The van der Waals surface area contributed by atoms with Crippen LogP contribution < -0.4 is 10.6 Å². The van der Waals surface area contributed by atoms with Gasteiger partial charge in [0.15, 0.2) is 5.82 Å². The number of rotatable bonds is 1. The number of carbonyl (C=O) groups is 1. The number of nitrogens with one attached hydrogen (secondary N) is 2. The molecule has 0 unspecified atom stereocenters. The van der Waals surface area contributed by atoms with Crippen LogP contribution in [0.25, 0.3) is 0 Å². The van der Waals surface area contributed by atoms with Gasteiger partial charge in [-0.05, 0) is 43.7 Å². The molecule has 2 N–H and O–H groups in total. The molecule has 1 amide bonds. The number of anilines is 2. The molecule has 1 fully saturated rings. The summed E-state index contributed by atoms with van der Waals surface area (Å²) in [6.07, 6.45) is 5.11. The van der Waals surface area contributed by atoms with Gasteiger partial charge in [0.25, 0.3) is 0 Å². The van der Waals surface area contributed by atoms with Crippen molar-refractivity contribution in [2.45, 2.75) is 44.6 Å². The van der Waals surface area contributed by atoms with Gasteiger partial charge in [-0.1, -0.05) is 24.9 Å². The molecule has 0 saturated heterocycles. The number of pyridine rings is 1. The first-order valence-electron chi connectivity index (χ1n) is 6.89. The summed E-state index contributed by atoms with van der Waals surface area (Å²) >= 11 is 5.92. The molecule has 1 aromatic rings. The lowest BCUT2D eigenvalue weighted by Gasteiger charge is -2.42. The summed E-state index contributed by atoms with van der Waals surface area (Å²) in [4.78, 5) is 16.7. The minimum atomic E-state index is -0.490. The third kappa shape index (κ3) is 2.18. The Morgan fingerprint density at radius 3 is 2.84 bits per heavy atom. The maximum absolute atomic E-state index is 12.4. The second-order valence-electron chi connectivity index (χ2n) is 5.54. The van der Waals surface area contributed by atoms with E-state index in [1.807, 2.05) is 0 Å². The molecule has 1 aliphatic carbocycles. The smallest absolute Gasteiger partial charge is 0.250 e. The molecule has 3 rings (SSSR count). The van der Waals surface area contributed by atoms with Crippen molar-refractivity contribution < 1.29 is 4.79 Å². The average molecular weight is 280 g/mol. The van der Waals surface area contributed by atoms with E-state index in [4.69, 9.17) is 11.6 Å². The van der Waals surface area contributed by atoms with Gasteiger partial charge in [0, 0.05) is 0 Å². The Morgan fingerprint density at radius 2 is 2.16 bits per heavy atom. The topological polar surface area (TPSA) is 54.0 Å². The molecule has 1 aliphatic heterocycles. The molecule has 0 radical (unpaired) electrons. The Balaban J connectivity index is 1.87. The molecular weight excluding hydrogens is 262 g/mol. The molecule has 2 heterocycles. The van der Waals surface area contributed by atoms with Crippen molar-refractivity contribution in [1.82, 2.24) is 4.98 Å². The third-order valence-corrected chi connectivity index (χ3v) is 4.65. The van der Waals surface area contributed by atoms with Crippen molar-refractivity contribution >= 4 is 29.0 Å². The highest BCUT2D eigenvalue weighted by Gasteiger charge is 2.44. The van der Waals surface area contributed by atoms with E-state index in [0.717, 1.165) is 37.3 Å². The van der Waals surface area contributed by atoms with Crippen molar-refractivity contribution in [3.63, 3.8) is 0 Å². The lowest BCUT2D eigenvalue weighted by molar-refractivity contribution is -0.121. The Hall–Kier alpha value is -1.29. The van der Waals surface area contributed by atoms with E-state index in [1.165, 1.54) is 6.42 Å². The number of fused-ring (bicyclic) bond motifs is 1. The molecule has 0 aromatic carbocycles. The van der Waals surface area contributed by atoms with Crippen LogP contribution >= 0.6 is 11.6 Å². The van der Waals surface area contributed by atoms with Crippen LogP contribution in [0.2, 0.25) is 5.15 Å². The fourth-order valence-corrected chi connectivity index (χ4v) is 3.24. The van der Waals surface area contributed by atoms with Gasteiger partial charge < -0.3 is 10.6 Å². The van der Waals surface area contributed by atoms with Crippen LogP contribution in [0.4, 0.5) is 11.5 Å². The molecule has 5 heteroatoms. The number of hydrogen-bond donors (Lipinski definition) is 2. The number of carbonyl (C=O) groups excluding carboxylic acids is 1. The zero-order valence-electron chi connectivity index (χ0n) is 11.0. The molecule has 1 spiro atoms. The lowest BCUT2D eigenvalue weighted by Crippen LogP contribution is -2.54. The zero-order valence-corrected chi connectivity index (χ0v) is 11.8. The van der Waals surface area contributed by atoms with Gasteiger partial charge in [-0.15, -0.1) is 0 Å². The van der Waals surface area contributed by atoms with E-state index < -0.39 is 5.54 Å². The second-order valence-corrected chi connectivity index (χ2v) is 5.93. The highest BCUT2D eigenvalue weighted by molar-refractivity contribution is 6.29. The maximum Gasteiger partial charge on any atom is 0.250 e.